The Balaban J connectivity index is 2.16. The maximum atomic E-state index is 6.08. The first-order chi connectivity index (χ1) is 13.0. The van der Waals surface area contributed by atoms with Gasteiger partial charge in [0, 0.05) is 11.6 Å². The molecule has 2 aromatic rings. The number of aliphatic imine (C=N–C) groups is 1. The van der Waals surface area contributed by atoms with Gasteiger partial charge < -0.3 is 25.3 Å². The highest BCUT2D eigenvalue weighted by Gasteiger charge is 2.09. The zero-order chi connectivity index (χ0) is 19.8. The molecule has 27 heavy (non-hydrogen) atoms. The van der Waals surface area contributed by atoms with Crippen molar-refractivity contribution in [3.8, 4) is 17.2 Å². The lowest BCUT2D eigenvalue weighted by molar-refractivity contribution is 0.215. The van der Waals surface area contributed by atoms with Crippen LogP contribution in [-0.2, 0) is 6.54 Å². The number of methoxy groups -OCH3 is 2. The molecular weight excluding hydrogens is 342 g/mol. The second kappa shape index (κ2) is 9.71. The Morgan fingerprint density at radius 2 is 1.89 bits per heavy atom. The molecule has 2 rings (SSSR count). The Hall–Kier alpha value is -2.89. The fraction of sp³-hybridized carbons (Fsp3) is 0.381. The molecule has 0 aliphatic heterocycles. The number of anilines is 1. The van der Waals surface area contributed by atoms with Crippen LogP contribution in [0.3, 0.4) is 0 Å². The lowest BCUT2D eigenvalue weighted by atomic mass is 10.1. The molecule has 2 aromatic carbocycles. The van der Waals surface area contributed by atoms with Crippen molar-refractivity contribution >= 4 is 11.6 Å². The number of rotatable bonds is 8. The number of benzene rings is 2. The zero-order valence-electron chi connectivity index (χ0n) is 16.7. The quantitative estimate of drug-likeness (QED) is 0.539. The van der Waals surface area contributed by atoms with Crippen LogP contribution < -0.4 is 25.3 Å². The molecule has 6 heteroatoms. The SMILES string of the molecule is CCC(C)Oc1cc(C)ccc1CN=C(N)Nc1cc(OC)ccc1OC. The predicted octanol–water partition coefficient (Wildman–Crippen LogP) is 4.12. The number of ether oxygens (including phenoxy) is 3. The Morgan fingerprint density at radius 1 is 1.11 bits per heavy atom. The number of hydrogen-bond donors (Lipinski definition) is 2. The van der Waals surface area contributed by atoms with Gasteiger partial charge in [0.2, 0.25) is 0 Å². The predicted molar refractivity (Wildman–Crippen MR) is 110 cm³/mol. The third-order valence-corrected chi connectivity index (χ3v) is 4.21. The minimum atomic E-state index is 0.144. The van der Waals surface area contributed by atoms with Crippen LogP contribution in [0.5, 0.6) is 17.2 Å². The van der Waals surface area contributed by atoms with Crippen LogP contribution in [0.25, 0.3) is 0 Å². The first-order valence-corrected chi connectivity index (χ1v) is 9.02. The number of nitrogens with one attached hydrogen (secondary N) is 1. The molecule has 0 aliphatic rings. The van der Waals surface area contributed by atoms with Crippen molar-refractivity contribution in [2.24, 2.45) is 10.7 Å². The number of aryl methyl sites for hydroxylation is 1. The first-order valence-electron chi connectivity index (χ1n) is 9.02. The summed E-state index contributed by atoms with van der Waals surface area (Å²) < 4.78 is 16.6. The monoisotopic (exact) mass is 371 g/mol. The largest absolute Gasteiger partial charge is 0.497 e. The van der Waals surface area contributed by atoms with E-state index in [2.05, 4.69) is 24.2 Å². The van der Waals surface area contributed by atoms with E-state index in [1.807, 2.05) is 43.3 Å². The van der Waals surface area contributed by atoms with Gasteiger partial charge in [-0.05, 0) is 44.0 Å². The summed E-state index contributed by atoms with van der Waals surface area (Å²) in [5.74, 6) is 2.50. The van der Waals surface area contributed by atoms with Crippen molar-refractivity contribution in [1.82, 2.24) is 0 Å². The number of nitrogens with zero attached hydrogens (tertiary/aromatic N) is 1. The number of nitrogens with two attached hydrogens (primary N) is 1. The second-order valence-corrected chi connectivity index (χ2v) is 6.34. The summed E-state index contributed by atoms with van der Waals surface area (Å²) in [5.41, 5.74) is 8.91. The normalized spacial score (nSPS) is 12.4. The van der Waals surface area contributed by atoms with Crippen molar-refractivity contribution < 1.29 is 14.2 Å². The summed E-state index contributed by atoms with van der Waals surface area (Å²) in [6, 6.07) is 11.5. The molecule has 0 fully saturated rings. The van der Waals surface area contributed by atoms with Gasteiger partial charge in [-0.2, -0.15) is 0 Å². The van der Waals surface area contributed by atoms with Gasteiger partial charge >= 0.3 is 0 Å². The molecule has 1 atom stereocenters. The van der Waals surface area contributed by atoms with Crippen LogP contribution in [0.4, 0.5) is 5.69 Å². The maximum Gasteiger partial charge on any atom is 0.193 e. The lowest BCUT2D eigenvalue weighted by Gasteiger charge is -2.16. The summed E-state index contributed by atoms with van der Waals surface area (Å²) in [6.45, 7) is 6.61. The molecule has 0 aliphatic carbocycles. The van der Waals surface area contributed by atoms with Crippen LogP contribution >= 0.6 is 0 Å². The molecule has 3 N–H and O–H groups in total. The smallest absolute Gasteiger partial charge is 0.193 e. The van der Waals surface area contributed by atoms with Crippen LogP contribution in [-0.4, -0.2) is 26.3 Å². The van der Waals surface area contributed by atoms with E-state index in [0.717, 1.165) is 23.3 Å². The highest BCUT2D eigenvalue weighted by atomic mass is 16.5. The van der Waals surface area contributed by atoms with Crippen LogP contribution in [0.1, 0.15) is 31.4 Å². The average Bonchev–Trinajstić information content (AvgIpc) is 2.67. The fourth-order valence-corrected chi connectivity index (χ4v) is 2.46. The number of guanidine groups is 1. The molecular formula is C21H29N3O3. The molecule has 0 saturated heterocycles. The molecule has 0 heterocycles. The van der Waals surface area contributed by atoms with Crippen molar-refractivity contribution in [2.45, 2.75) is 39.8 Å². The van der Waals surface area contributed by atoms with E-state index in [4.69, 9.17) is 19.9 Å². The average molecular weight is 371 g/mol. The van der Waals surface area contributed by atoms with Gasteiger partial charge in [-0.1, -0.05) is 19.1 Å². The van der Waals surface area contributed by atoms with E-state index in [1.54, 1.807) is 14.2 Å². The maximum absolute atomic E-state index is 6.08. The fourth-order valence-electron chi connectivity index (χ4n) is 2.46. The number of hydrogen-bond acceptors (Lipinski definition) is 4. The van der Waals surface area contributed by atoms with Gasteiger partial charge in [0.25, 0.3) is 0 Å². The Morgan fingerprint density at radius 3 is 2.56 bits per heavy atom. The second-order valence-electron chi connectivity index (χ2n) is 6.34. The van der Waals surface area contributed by atoms with Crippen molar-refractivity contribution in [3.63, 3.8) is 0 Å². The molecule has 0 spiro atoms. The molecule has 0 amide bonds. The topological polar surface area (TPSA) is 78.1 Å². The molecule has 0 saturated carbocycles. The van der Waals surface area contributed by atoms with E-state index in [-0.39, 0.29) is 12.1 Å². The van der Waals surface area contributed by atoms with Crippen LogP contribution in [0.15, 0.2) is 41.4 Å². The summed E-state index contributed by atoms with van der Waals surface area (Å²) in [5, 5.41) is 3.07. The van der Waals surface area contributed by atoms with Crippen LogP contribution in [0, 0.1) is 6.92 Å². The van der Waals surface area contributed by atoms with E-state index in [9.17, 15) is 0 Å². The van der Waals surface area contributed by atoms with Gasteiger partial charge in [-0.25, -0.2) is 4.99 Å². The molecule has 6 nitrogen and oxygen atoms in total. The molecule has 0 bridgehead atoms. The minimum Gasteiger partial charge on any atom is -0.497 e. The molecule has 146 valence electrons. The van der Waals surface area contributed by atoms with Gasteiger partial charge in [0.15, 0.2) is 5.96 Å². The lowest BCUT2D eigenvalue weighted by Crippen LogP contribution is -2.23. The van der Waals surface area contributed by atoms with Crippen molar-refractivity contribution in [1.29, 1.82) is 0 Å². The van der Waals surface area contributed by atoms with E-state index >= 15 is 0 Å². The van der Waals surface area contributed by atoms with E-state index in [1.165, 1.54) is 0 Å². The summed E-state index contributed by atoms with van der Waals surface area (Å²) in [6.07, 6.45) is 1.08. The van der Waals surface area contributed by atoms with Crippen LogP contribution in [0.2, 0.25) is 0 Å². The Kier molecular flexibility index (Phi) is 7.34. The minimum absolute atomic E-state index is 0.144. The van der Waals surface area contributed by atoms with Gasteiger partial charge in [0.05, 0.1) is 32.6 Å². The Labute approximate surface area is 161 Å². The van der Waals surface area contributed by atoms with E-state index in [0.29, 0.717) is 23.7 Å². The summed E-state index contributed by atoms with van der Waals surface area (Å²) in [7, 11) is 3.21. The highest BCUT2D eigenvalue weighted by Crippen LogP contribution is 2.29. The summed E-state index contributed by atoms with van der Waals surface area (Å²) >= 11 is 0. The van der Waals surface area contributed by atoms with Gasteiger partial charge in [-0.15, -0.1) is 0 Å². The van der Waals surface area contributed by atoms with Gasteiger partial charge in [-0.3, -0.25) is 0 Å². The molecule has 0 radical (unpaired) electrons. The highest BCUT2D eigenvalue weighted by molar-refractivity contribution is 5.94. The van der Waals surface area contributed by atoms with Crippen molar-refractivity contribution in [3.05, 3.63) is 47.5 Å². The van der Waals surface area contributed by atoms with Gasteiger partial charge in [0.1, 0.15) is 17.2 Å². The third-order valence-electron chi connectivity index (χ3n) is 4.21. The summed E-state index contributed by atoms with van der Waals surface area (Å²) in [4.78, 5) is 4.45. The molecule has 1 unspecified atom stereocenters. The van der Waals surface area contributed by atoms with Crippen molar-refractivity contribution in [2.75, 3.05) is 19.5 Å². The molecule has 0 aromatic heterocycles. The Bertz CT molecular complexity index is 790. The third kappa shape index (κ3) is 5.81. The first kappa shape index (κ1) is 20.4. The zero-order valence-corrected chi connectivity index (χ0v) is 16.7. The van der Waals surface area contributed by atoms with E-state index < -0.39 is 0 Å². The standard InChI is InChI=1S/C21H29N3O3/c1-6-15(3)27-20-11-14(2)7-8-16(20)13-23-21(22)24-18-12-17(25-4)9-10-19(18)26-5/h7-12,15H,6,13H2,1-5H3,(H3,22,23,24).